The number of hydrogen-bond acceptors (Lipinski definition) is 9. The Labute approximate surface area is 235 Å². The van der Waals surface area contributed by atoms with E-state index in [4.69, 9.17) is 32.4 Å². The number of ketones is 1. The summed E-state index contributed by atoms with van der Waals surface area (Å²) in [5.41, 5.74) is 1.31. The van der Waals surface area contributed by atoms with Crippen molar-refractivity contribution in [3.05, 3.63) is 99.1 Å². The van der Waals surface area contributed by atoms with Crippen LogP contribution in [0.5, 0.6) is 5.75 Å². The lowest BCUT2D eigenvalue weighted by molar-refractivity contribution is -0.117. The molecule has 1 aliphatic heterocycles. The molecule has 38 heavy (non-hydrogen) atoms. The van der Waals surface area contributed by atoms with Crippen LogP contribution in [-0.2, 0) is 10.5 Å². The molecule has 3 heterocycles. The summed E-state index contributed by atoms with van der Waals surface area (Å²) in [6.07, 6.45) is 1.35. The highest BCUT2D eigenvalue weighted by Gasteiger charge is 2.46. The summed E-state index contributed by atoms with van der Waals surface area (Å²) in [5.74, 6) is -0.978. The molecule has 4 aromatic rings. The van der Waals surface area contributed by atoms with Crippen LogP contribution in [0.3, 0.4) is 0 Å². The van der Waals surface area contributed by atoms with Crippen molar-refractivity contribution >= 4 is 63.1 Å². The molecule has 12 heteroatoms. The van der Waals surface area contributed by atoms with E-state index < -0.39 is 23.5 Å². The standard InChI is InChI=1S/C26H19Cl2N3O5S2/c1-2-35-17-6-3-5-14(11-17)21-20(22(32)19-7-4-10-36-19)23(33)24(34)31(21)25-29-30-26(38-25)37-13-15-8-9-16(27)12-18(15)28/h3-12,21,33H,2,13H2,1H3. The summed E-state index contributed by atoms with van der Waals surface area (Å²) in [7, 11) is 0. The van der Waals surface area contributed by atoms with Crippen molar-refractivity contribution in [2.45, 2.75) is 23.1 Å². The normalized spacial score (nSPS) is 15.4. The highest BCUT2D eigenvalue weighted by molar-refractivity contribution is 8.00. The average Bonchev–Trinajstić information content (AvgIpc) is 3.65. The third kappa shape index (κ3) is 5.17. The lowest BCUT2D eigenvalue weighted by atomic mass is 9.95. The fraction of sp³-hybridized carbons (Fsp3) is 0.154. The molecule has 0 radical (unpaired) electrons. The molecule has 0 saturated heterocycles. The van der Waals surface area contributed by atoms with E-state index in [1.54, 1.807) is 42.5 Å². The quantitative estimate of drug-likeness (QED) is 0.128. The van der Waals surface area contributed by atoms with Crippen molar-refractivity contribution in [3.63, 3.8) is 0 Å². The van der Waals surface area contributed by atoms with E-state index in [1.807, 2.05) is 13.0 Å². The predicted molar refractivity (Wildman–Crippen MR) is 146 cm³/mol. The first kappa shape index (κ1) is 26.3. The van der Waals surface area contributed by atoms with Gasteiger partial charge in [-0.3, -0.25) is 14.5 Å². The summed E-state index contributed by atoms with van der Waals surface area (Å²) in [4.78, 5) is 28.0. The van der Waals surface area contributed by atoms with E-state index in [-0.39, 0.29) is 16.5 Å². The Morgan fingerprint density at radius 1 is 1.18 bits per heavy atom. The number of anilines is 1. The van der Waals surface area contributed by atoms with E-state index in [0.717, 1.165) is 16.9 Å². The number of halogens is 2. The summed E-state index contributed by atoms with van der Waals surface area (Å²) in [6, 6.07) is 14.3. The molecule has 2 aromatic carbocycles. The van der Waals surface area contributed by atoms with Crippen molar-refractivity contribution < 1.29 is 23.8 Å². The molecule has 1 unspecified atom stereocenters. The van der Waals surface area contributed by atoms with Gasteiger partial charge in [-0.25, -0.2) is 0 Å². The van der Waals surface area contributed by atoms with Crippen molar-refractivity contribution in [1.29, 1.82) is 0 Å². The van der Waals surface area contributed by atoms with Crippen LogP contribution in [0.2, 0.25) is 10.0 Å². The minimum absolute atomic E-state index is 0.000476. The van der Waals surface area contributed by atoms with Crippen molar-refractivity contribution in [3.8, 4) is 5.75 Å². The van der Waals surface area contributed by atoms with Crippen LogP contribution in [0.4, 0.5) is 5.13 Å². The average molecular weight is 588 g/mol. The number of amides is 1. The fourth-order valence-electron chi connectivity index (χ4n) is 3.97. The van der Waals surface area contributed by atoms with Gasteiger partial charge in [0, 0.05) is 15.8 Å². The SMILES string of the molecule is CCOc1cccc(C2C(C(=O)c3ccco3)=C(O)C(=O)N2c2nnc(SCc3ccc(Cl)cc3Cl)s2)c1. The summed E-state index contributed by atoms with van der Waals surface area (Å²) in [5, 5.41) is 20.6. The van der Waals surface area contributed by atoms with Crippen LogP contribution in [0.25, 0.3) is 0 Å². The number of ether oxygens (including phenoxy) is 1. The number of nitrogens with zero attached hydrogens (tertiary/aromatic N) is 3. The van der Waals surface area contributed by atoms with Gasteiger partial charge in [0.2, 0.25) is 10.9 Å². The molecule has 0 aliphatic carbocycles. The third-order valence-electron chi connectivity index (χ3n) is 5.65. The number of aliphatic hydroxyl groups excluding tert-OH is 1. The van der Waals surface area contributed by atoms with Crippen LogP contribution in [-0.4, -0.2) is 33.6 Å². The zero-order valence-corrected chi connectivity index (χ0v) is 22.9. The zero-order valence-electron chi connectivity index (χ0n) is 19.8. The maximum atomic E-state index is 13.4. The van der Waals surface area contributed by atoms with Crippen LogP contribution in [0.1, 0.15) is 34.6 Å². The van der Waals surface area contributed by atoms with Gasteiger partial charge in [0.25, 0.3) is 5.91 Å². The van der Waals surface area contributed by atoms with E-state index in [1.165, 1.54) is 29.0 Å². The van der Waals surface area contributed by atoms with Gasteiger partial charge >= 0.3 is 0 Å². The number of carbonyl (C=O) groups excluding carboxylic acids is 2. The molecule has 1 N–H and O–H groups in total. The van der Waals surface area contributed by atoms with E-state index in [2.05, 4.69) is 10.2 Å². The number of aliphatic hydroxyl groups is 1. The molecular weight excluding hydrogens is 569 g/mol. The Hall–Kier alpha value is -3.31. The molecule has 1 aliphatic rings. The second kappa shape index (κ2) is 11.2. The second-order valence-corrected chi connectivity index (χ2v) is 11.0. The van der Waals surface area contributed by atoms with E-state index in [0.29, 0.717) is 38.1 Å². The Kier molecular flexibility index (Phi) is 7.75. The molecule has 5 rings (SSSR count). The number of thioether (sulfide) groups is 1. The Morgan fingerprint density at radius 2 is 2.03 bits per heavy atom. The minimum Gasteiger partial charge on any atom is -0.503 e. The van der Waals surface area contributed by atoms with Gasteiger partial charge in [0.05, 0.1) is 24.5 Å². The third-order valence-corrected chi connectivity index (χ3v) is 8.34. The van der Waals surface area contributed by atoms with Gasteiger partial charge in [0.1, 0.15) is 5.75 Å². The highest BCUT2D eigenvalue weighted by atomic mass is 35.5. The number of hydrogen-bond donors (Lipinski definition) is 1. The monoisotopic (exact) mass is 587 g/mol. The summed E-state index contributed by atoms with van der Waals surface area (Å²) >= 11 is 14.8. The smallest absolute Gasteiger partial charge is 0.296 e. The fourth-order valence-corrected chi connectivity index (χ4v) is 6.39. The molecule has 194 valence electrons. The van der Waals surface area contributed by atoms with Crippen LogP contribution in [0, 0.1) is 0 Å². The maximum Gasteiger partial charge on any atom is 0.296 e. The number of furan rings is 1. The lowest BCUT2D eigenvalue weighted by Gasteiger charge is -2.24. The Bertz CT molecular complexity index is 1540. The van der Waals surface area contributed by atoms with E-state index >= 15 is 0 Å². The molecule has 8 nitrogen and oxygen atoms in total. The van der Waals surface area contributed by atoms with Crippen LogP contribution < -0.4 is 9.64 Å². The molecule has 0 fully saturated rings. The summed E-state index contributed by atoms with van der Waals surface area (Å²) < 4.78 is 11.5. The number of aromatic nitrogens is 2. The van der Waals surface area contributed by atoms with Gasteiger partial charge in [-0.2, -0.15) is 0 Å². The lowest BCUT2D eigenvalue weighted by Crippen LogP contribution is -2.31. The molecule has 1 atom stereocenters. The number of carbonyl (C=O) groups is 2. The van der Waals surface area contributed by atoms with Crippen molar-refractivity contribution in [1.82, 2.24) is 10.2 Å². The molecular formula is C26H19Cl2N3O5S2. The molecule has 2 aromatic heterocycles. The largest absolute Gasteiger partial charge is 0.503 e. The Morgan fingerprint density at radius 3 is 2.76 bits per heavy atom. The first-order valence-electron chi connectivity index (χ1n) is 11.3. The van der Waals surface area contributed by atoms with Crippen LogP contribution >= 0.6 is 46.3 Å². The van der Waals surface area contributed by atoms with Gasteiger partial charge in [-0.15, -0.1) is 10.2 Å². The number of Topliss-reactive ketones (excluding diaryl/α,β-unsaturated/α-hetero) is 1. The topological polar surface area (TPSA) is 106 Å². The van der Waals surface area contributed by atoms with Crippen molar-refractivity contribution in [2.24, 2.45) is 0 Å². The molecule has 0 spiro atoms. The number of benzene rings is 2. The van der Waals surface area contributed by atoms with Gasteiger partial charge < -0.3 is 14.3 Å². The van der Waals surface area contributed by atoms with Crippen LogP contribution in [0.15, 0.2) is 80.9 Å². The summed E-state index contributed by atoms with van der Waals surface area (Å²) in [6.45, 7) is 2.29. The predicted octanol–water partition coefficient (Wildman–Crippen LogP) is 6.91. The maximum absolute atomic E-state index is 13.4. The molecule has 1 amide bonds. The van der Waals surface area contributed by atoms with E-state index in [9.17, 15) is 14.7 Å². The number of rotatable bonds is 9. The van der Waals surface area contributed by atoms with Gasteiger partial charge in [-0.1, -0.05) is 64.5 Å². The van der Waals surface area contributed by atoms with Crippen molar-refractivity contribution in [2.75, 3.05) is 11.5 Å². The molecule has 0 bridgehead atoms. The first-order valence-corrected chi connectivity index (χ1v) is 13.9. The second-order valence-electron chi connectivity index (χ2n) is 8.03. The Balaban J connectivity index is 1.49. The molecule has 0 saturated carbocycles. The van der Waals surface area contributed by atoms with Gasteiger partial charge in [-0.05, 0) is 54.4 Å². The minimum atomic E-state index is -0.975. The zero-order chi connectivity index (χ0) is 26.8. The first-order chi connectivity index (χ1) is 18.4. The highest BCUT2D eigenvalue weighted by Crippen LogP contribution is 2.44. The van der Waals surface area contributed by atoms with Gasteiger partial charge in [0.15, 0.2) is 15.9 Å².